The minimum atomic E-state index is -0.131. The van der Waals surface area contributed by atoms with E-state index in [1.807, 2.05) is 55.5 Å². The summed E-state index contributed by atoms with van der Waals surface area (Å²) in [6.45, 7) is 2.00. The number of hydrogen-bond donors (Lipinski definition) is 1. The van der Waals surface area contributed by atoms with E-state index in [2.05, 4.69) is 15.9 Å². The number of aryl methyl sites for hydroxylation is 1. The van der Waals surface area contributed by atoms with E-state index in [1.54, 1.807) is 28.8 Å². The second-order valence-corrected chi connectivity index (χ2v) is 7.70. The molecule has 0 unspecified atom stereocenters. The molecule has 0 amide bonds. The Hall–Kier alpha value is -3.38. The van der Waals surface area contributed by atoms with Gasteiger partial charge in [0, 0.05) is 0 Å². The van der Waals surface area contributed by atoms with Crippen LogP contribution in [-0.4, -0.2) is 21.8 Å². The van der Waals surface area contributed by atoms with Gasteiger partial charge in [0.25, 0.3) is 5.56 Å². The molecule has 6 heteroatoms. The van der Waals surface area contributed by atoms with Crippen molar-refractivity contribution in [3.63, 3.8) is 0 Å². The highest BCUT2D eigenvalue weighted by Gasteiger charge is 2.12. The summed E-state index contributed by atoms with van der Waals surface area (Å²) in [7, 11) is 1.49. The number of hydrogen-bond acceptors (Lipinski definition) is 4. The van der Waals surface area contributed by atoms with Crippen molar-refractivity contribution in [3.05, 3.63) is 92.4 Å². The number of fused-ring (bicyclic) bond motifs is 1. The minimum absolute atomic E-state index is 0.0371. The lowest BCUT2D eigenvalue weighted by molar-refractivity contribution is 0.372. The molecule has 30 heavy (non-hydrogen) atoms. The Bertz CT molecular complexity index is 1330. The maximum Gasteiger partial charge on any atom is 0.266 e. The molecule has 0 radical (unpaired) electrons. The summed E-state index contributed by atoms with van der Waals surface area (Å²) in [5.41, 5.74) is 3.14. The van der Waals surface area contributed by atoms with Crippen molar-refractivity contribution in [3.8, 4) is 17.2 Å². The first kappa shape index (κ1) is 19.9. The van der Waals surface area contributed by atoms with Gasteiger partial charge in [-0.3, -0.25) is 9.36 Å². The van der Waals surface area contributed by atoms with E-state index in [0.717, 1.165) is 16.8 Å². The van der Waals surface area contributed by atoms with Crippen molar-refractivity contribution >= 4 is 39.0 Å². The molecular formula is C24H19BrN2O3. The number of phenols is 1. The van der Waals surface area contributed by atoms with Crippen LogP contribution in [0.1, 0.15) is 17.0 Å². The number of halogens is 1. The molecule has 0 spiro atoms. The SMILES string of the molecule is COc1cc(/C=C/c2nc3ccccc3c(=O)n2-c2ccc(C)cc2)cc(Br)c1O. The van der Waals surface area contributed by atoms with Gasteiger partial charge in [0.2, 0.25) is 0 Å². The highest BCUT2D eigenvalue weighted by atomic mass is 79.9. The van der Waals surface area contributed by atoms with E-state index < -0.39 is 0 Å². The summed E-state index contributed by atoms with van der Waals surface area (Å²) >= 11 is 3.33. The molecule has 0 aliphatic heterocycles. The smallest absolute Gasteiger partial charge is 0.266 e. The molecule has 0 saturated heterocycles. The zero-order valence-electron chi connectivity index (χ0n) is 16.5. The standard InChI is InChI=1S/C24H19BrN2O3/c1-15-7-10-17(11-8-15)27-22(26-20-6-4-3-5-18(20)24(27)29)12-9-16-13-19(25)23(28)21(14-16)30-2/h3-14,28H,1-2H3/b12-9+. The average Bonchev–Trinajstić information content (AvgIpc) is 2.75. The molecule has 0 saturated carbocycles. The molecule has 1 heterocycles. The van der Waals surface area contributed by atoms with Gasteiger partial charge in [-0.05, 0) is 70.9 Å². The molecule has 0 aliphatic rings. The molecule has 0 bridgehead atoms. The number of benzene rings is 3. The van der Waals surface area contributed by atoms with Crippen LogP contribution in [0.3, 0.4) is 0 Å². The van der Waals surface area contributed by atoms with Crippen LogP contribution in [0.2, 0.25) is 0 Å². The number of aromatic nitrogens is 2. The third-order valence-corrected chi connectivity index (χ3v) is 5.39. The van der Waals surface area contributed by atoms with E-state index in [0.29, 0.717) is 26.9 Å². The van der Waals surface area contributed by atoms with E-state index in [9.17, 15) is 9.90 Å². The van der Waals surface area contributed by atoms with Gasteiger partial charge in [0.05, 0.1) is 28.2 Å². The second-order valence-electron chi connectivity index (χ2n) is 6.85. The predicted molar refractivity (Wildman–Crippen MR) is 123 cm³/mol. The van der Waals surface area contributed by atoms with Crippen molar-refractivity contribution < 1.29 is 9.84 Å². The molecular weight excluding hydrogens is 444 g/mol. The number of aromatic hydroxyl groups is 1. The van der Waals surface area contributed by atoms with Crippen LogP contribution in [0.25, 0.3) is 28.7 Å². The Morgan fingerprint density at radius 3 is 2.53 bits per heavy atom. The zero-order valence-corrected chi connectivity index (χ0v) is 18.1. The normalized spacial score (nSPS) is 11.3. The van der Waals surface area contributed by atoms with Gasteiger partial charge in [-0.1, -0.05) is 35.9 Å². The lowest BCUT2D eigenvalue weighted by Gasteiger charge is -2.12. The summed E-state index contributed by atoms with van der Waals surface area (Å²) in [6.07, 6.45) is 3.61. The van der Waals surface area contributed by atoms with Crippen LogP contribution in [0.15, 0.2) is 69.9 Å². The molecule has 4 rings (SSSR count). The van der Waals surface area contributed by atoms with Crippen molar-refractivity contribution in [2.45, 2.75) is 6.92 Å². The van der Waals surface area contributed by atoms with Gasteiger partial charge < -0.3 is 9.84 Å². The van der Waals surface area contributed by atoms with E-state index >= 15 is 0 Å². The van der Waals surface area contributed by atoms with E-state index in [1.165, 1.54) is 7.11 Å². The Kier molecular flexibility index (Phi) is 5.42. The van der Waals surface area contributed by atoms with Crippen LogP contribution >= 0.6 is 15.9 Å². The molecule has 0 aliphatic carbocycles. The largest absolute Gasteiger partial charge is 0.503 e. The zero-order chi connectivity index (χ0) is 21.3. The Morgan fingerprint density at radius 1 is 1.07 bits per heavy atom. The third-order valence-electron chi connectivity index (χ3n) is 4.79. The fourth-order valence-electron chi connectivity index (χ4n) is 3.22. The number of phenolic OH excluding ortho intramolecular Hbond substituents is 1. The first-order valence-corrected chi connectivity index (χ1v) is 10.1. The predicted octanol–water partition coefficient (Wildman–Crippen LogP) is 5.34. The maximum atomic E-state index is 13.3. The Morgan fingerprint density at radius 2 is 1.80 bits per heavy atom. The Balaban J connectivity index is 1.91. The molecule has 4 aromatic rings. The van der Waals surface area contributed by atoms with Gasteiger partial charge in [-0.15, -0.1) is 0 Å². The summed E-state index contributed by atoms with van der Waals surface area (Å²) in [5, 5.41) is 10.6. The second kappa shape index (κ2) is 8.16. The molecule has 1 N–H and O–H groups in total. The van der Waals surface area contributed by atoms with Crippen LogP contribution in [0, 0.1) is 6.92 Å². The van der Waals surface area contributed by atoms with Crippen molar-refractivity contribution in [2.24, 2.45) is 0 Å². The number of methoxy groups -OCH3 is 1. The van der Waals surface area contributed by atoms with Gasteiger partial charge in [-0.25, -0.2) is 4.98 Å². The van der Waals surface area contributed by atoms with E-state index in [4.69, 9.17) is 9.72 Å². The summed E-state index contributed by atoms with van der Waals surface area (Å²) in [6, 6.07) is 18.5. The quantitative estimate of drug-likeness (QED) is 0.444. The van der Waals surface area contributed by atoms with Gasteiger partial charge in [0.1, 0.15) is 5.82 Å². The lowest BCUT2D eigenvalue weighted by atomic mass is 10.1. The number of ether oxygens (including phenoxy) is 1. The third kappa shape index (κ3) is 3.74. The summed E-state index contributed by atoms with van der Waals surface area (Å²) in [5.74, 6) is 0.896. The van der Waals surface area contributed by atoms with Gasteiger partial charge in [0.15, 0.2) is 11.5 Å². The molecule has 0 atom stereocenters. The van der Waals surface area contributed by atoms with Crippen LogP contribution in [0.4, 0.5) is 0 Å². The first-order valence-electron chi connectivity index (χ1n) is 9.31. The highest BCUT2D eigenvalue weighted by Crippen LogP contribution is 2.35. The molecule has 3 aromatic carbocycles. The first-order chi connectivity index (χ1) is 14.5. The topological polar surface area (TPSA) is 64.3 Å². The maximum absolute atomic E-state index is 13.3. The van der Waals surface area contributed by atoms with Crippen LogP contribution in [0.5, 0.6) is 11.5 Å². The van der Waals surface area contributed by atoms with Crippen molar-refractivity contribution in [2.75, 3.05) is 7.11 Å². The highest BCUT2D eigenvalue weighted by molar-refractivity contribution is 9.10. The van der Waals surface area contributed by atoms with Crippen LogP contribution < -0.4 is 10.3 Å². The van der Waals surface area contributed by atoms with Crippen molar-refractivity contribution in [1.82, 2.24) is 9.55 Å². The summed E-state index contributed by atoms with van der Waals surface area (Å²) < 4.78 is 7.33. The van der Waals surface area contributed by atoms with Gasteiger partial charge >= 0.3 is 0 Å². The molecule has 0 fully saturated rings. The number of rotatable bonds is 4. The molecule has 1 aromatic heterocycles. The number of nitrogens with zero attached hydrogens (tertiary/aromatic N) is 2. The summed E-state index contributed by atoms with van der Waals surface area (Å²) in [4.78, 5) is 18.0. The molecule has 150 valence electrons. The fraction of sp³-hybridized carbons (Fsp3) is 0.0833. The van der Waals surface area contributed by atoms with Crippen molar-refractivity contribution in [1.29, 1.82) is 0 Å². The minimum Gasteiger partial charge on any atom is -0.503 e. The lowest BCUT2D eigenvalue weighted by Crippen LogP contribution is -2.22. The average molecular weight is 463 g/mol. The van der Waals surface area contributed by atoms with E-state index in [-0.39, 0.29) is 11.3 Å². The Labute approximate surface area is 182 Å². The fourth-order valence-corrected chi connectivity index (χ4v) is 3.68. The monoisotopic (exact) mass is 462 g/mol. The van der Waals surface area contributed by atoms with Crippen LogP contribution in [-0.2, 0) is 0 Å². The molecule has 5 nitrogen and oxygen atoms in total. The number of para-hydroxylation sites is 1. The van der Waals surface area contributed by atoms with Gasteiger partial charge in [-0.2, -0.15) is 0 Å².